The highest BCUT2D eigenvalue weighted by atomic mass is 16.2. The van der Waals surface area contributed by atoms with Gasteiger partial charge in [-0.3, -0.25) is 9.59 Å². The van der Waals surface area contributed by atoms with Crippen LogP contribution in [0.5, 0.6) is 0 Å². The Balaban J connectivity index is 3.85. The Hall–Kier alpha value is -1.12. The van der Waals surface area contributed by atoms with E-state index in [-0.39, 0.29) is 18.1 Å². The van der Waals surface area contributed by atoms with Crippen molar-refractivity contribution in [2.45, 2.75) is 0 Å². The highest BCUT2D eigenvalue weighted by Crippen LogP contribution is 1.75. The SMILES string of the molecule is O=CC(C=O)=CO. The van der Waals surface area contributed by atoms with E-state index in [1.165, 1.54) is 0 Å². The Morgan fingerprint density at radius 3 is 1.71 bits per heavy atom. The van der Waals surface area contributed by atoms with E-state index in [9.17, 15) is 9.59 Å². The second kappa shape index (κ2) is 3.08. The van der Waals surface area contributed by atoms with Gasteiger partial charge in [-0.25, -0.2) is 0 Å². The summed E-state index contributed by atoms with van der Waals surface area (Å²) in [5.74, 6) is 0. The molecule has 0 bridgehead atoms. The summed E-state index contributed by atoms with van der Waals surface area (Å²) in [5.41, 5.74) is -0.250. The average molecular weight is 100 g/mol. The summed E-state index contributed by atoms with van der Waals surface area (Å²) in [4.78, 5) is 19.0. The van der Waals surface area contributed by atoms with E-state index >= 15 is 0 Å². The summed E-state index contributed by atoms with van der Waals surface area (Å²) < 4.78 is 0. The third kappa shape index (κ3) is 1.70. The van der Waals surface area contributed by atoms with Crippen LogP contribution >= 0.6 is 0 Å². The van der Waals surface area contributed by atoms with Crippen molar-refractivity contribution in [3.8, 4) is 0 Å². The normalized spacial score (nSPS) is 6.86. The molecule has 0 aromatic carbocycles. The van der Waals surface area contributed by atoms with Gasteiger partial charge in [-0.2, -0.15) is 0 Å². The van der Waals surface area contributed by atoms with Crippen LogP contribution in [0.4, 0.5) is 0 Å². The van der Waals surface area contributed by atoms with Crippen molar-refractivity contribution in [1.29, 1.82) is 0 Å². The minimum Gasteiger partial charge on any atom is -0.515 e. The Morgan fingerprint density at radius 1 is 1.29 bits per heavy atom. The molecule has 3 nitrogen and oxygen atoms in total. The minimum absolute atomic E-state index is 0.250. The summed E-state index contributed by atoms with van der Waals surface area (Å²) in [6.07, 6.45) is 1.000. The number of aldehydes is 2. The summed E-state index contributed by atoms with van der Waals surface area (Å²) >= 11 is 0. The van der Waals surface area contributed by atoms with Gasteiger partial charge in [0.15, 0.2) is 12.6 Å². The topological polar surface area (TPSA) is 54.4 Å². The zero-order valence-electron chi connectivity index (χ0n) is 3.50. The number of carbonyl (C=O) groups is 2. The monoisotopic (exact) mass is 100 g/mol. The van der Waals surface area contributed by atoms with Crippen LogP contribution in [0.15, 0.2) is 11.8 Å². The second-order valence-corrected chi connectivity index (χ2v) is 0.865. The van der Waals surface area contributed by atoms with Gasteiger partial charge in [0.2, 0.25) is 0 Å². The smallest absolute Gasteiger partial charge is 0.156 e. The Bertz CT molecular complexity index is 93.5. The lowest BCUT2D eigenvalue weighted by Gasteiger charge is -1.72. The molecule has 0 aromatic heterocycles. The fourth-order valence-electron chi connectivity index (χ4n) is 0.0886. The molecule has 0 amide bonds. The van der Waals surface area contributed by atoms with Gasteiger partial charge in [-0.1, -0.05) is 0 Å². The molecule has 7 heavy (non-hydrogen) atoms. The van der Waals surface area contributed by atoms with Gasteiger partial charge in [0.05, 0.1) is 11.8 Å². The second-order valence-electron chi connectivity index (χ2n) is 0.865. The van der Waals surface area contributed by atoms with Gasteiger partial charge in [-0.05, 0) is 0 Å². The summed E-state index contributed by atoms with van der Waals surface area (Å²) in [6.45, 7) is 0. The van der Waals surface area contributed by atoms with Crippen molar-refractivity contribution in [3.05, 3.63) is 11.8 Å². The van der Waals surface area contributed by atoms with E-state index in [4.69, 9.17) is 5.11 Å². The van der Waals surface area contributed by atoms with Crippen molar-refractivity contribution in [3.63, 3.8) is 0 Å². The number of hydrogen-bond acceptors (Lipinski definition) is 3. The van der Waals surface area contributed by atoms with Crippen molar-refractivity contribution in [2.24, 2.45) is 0 Å². The van der Waals surface area contributed by atoms with Crippen LogP contribution in [0.3, 0.4) is 0 Å². The Labute approximate surface area is 40.3 Å². The maximum Gasteiger partial charge on any atom is 0.156 e. The molecule has 3 heteroatoms. The largest absolute Gasteiger partial charge is 0.515 e. The van der Waals surface area contributed by atoms with Crippen LogP contribution in [-0.2, 0) is 9.59 Å². The molecular weight excluding hydrogens is 96.0 g/mol. The Kier molecular flexibility index (Phi) is 2.59. The quantitative estimate of drug-likeness (QED) is 0.172. The fraction of sp³-hybridized carbons (Fsp3) is 0. The first-order valence-corrected chi connectivity index (χ1v) is 1.60. The molecule has 0 aliphatic rings. The zero-order chi connectivity index (χ0) is 5.70. The van der Waals surface area contributed by atoms with Crippen LogP contribution in [0.2, 0.25) is 0 Å². The molecular formula is C4H4O3. The lowest BCUT2D eigenvalue weighted by atomic mass is 10.4. The predicted molar refractivity (Wildman–Crippen MR) is 22.8 cm³/mol. The number of hydrogen-bond donors (Lipinski definition) is 1. The highest BCUT2D eigenvalue weighted by molar-refractivity contribution is 5.98. The van der Waals surface area contributed by atoms with Crippen LogP contribution < -0.4 is 0 Å². The van der Waals surface area contributed by atoms with Crippen molar-refractivity contribution < 1.29 is 14.7 Å². The van der Waals surface area contributed by atoms with Crippen molar-refractivity contribution in [1.82, 2.24) is 0 Å². The third-order valence-electron chi connectivity index (χ3n) is 0.421. The van der Waals surface area contributed by atoms with Gasteiger partial charge in [0.1, 0.15) is 0 Å². The van der Waals surface area contributed by atoms with Crippen LogP contribution in [0.25, 0.3) is 0 Å². The molecule has 1 N–H and O–H groups in total. The molecule has 0 fully saturated rings. The summed E-state index contributed by atoms with van der Waals surface area (Å²) in [7, 11) is 0. The lowest BCUT2D eigenvalue weighted by Crippen LogP contribution is -1.82. The first-order chi connectivity index (χ1) is 3.35. The van der Waals surface area contributed by atoms with Crippen LogP contribution in [0, 0.1) is 0 Å². The number of aliphatic hydroxyl groups excluding tert-OH is 1. The minimum atomic E-state index is -0.250. The zero-order valence-corrected chi connectivity index (χ0v) is 3.50. The van der Waals surface area contributed by atoms with Gasteiger partial charge < -0.3 is 5.11 Å². The summed E-state index contributed by atoms with van der Waals surface area (Å²) in [5, 5.41) is 7.90. The molecule has 0 unspecified atom stereocenters. The average Bonchev–Trinajstić information content (AvgIpc) is 1.72. The molecule has 0 radical (unpaired) electrons. The van der Waals surface area contributed by atoms with Gasteiger partial charge in [0, 0.05) is 0 Å². The maximum absolute atomic E-state index is 9.51. The van der Waals surface area contributed by atoms with Gasteiger partial charge in [-0.15, -0.1) is 0 Å². The fourth-order valence-corrected chi connectivity index (χ4v) is 0.0886. The number of aliphatic hydroxyl groups is 1. The third-order valence-corrected chi connectivity index (χ3v) is 0.421. The number of carbonyl (C=O) groups excluding carboxylic acids is 2. The first-order valence-electron chi connectivity index (χ1n) is 1.60. The highest BCUT2D eigenvalue weighted by Gasteiger charge is 1.84. The molecule has 0 atom stereocenters. The molecule has 0 aliphatic carbocycles. The molecule has 0 spiro atoms. The van der Waals surface area contributed by atoms with Crippen molar-refractivity contribution >= 4 is 12.6 Å². The van der Waals surface area contributed by atoms with Gasteiger partial charge in [0.25, 0.3) is 0 Å². The maximum atomic E-state index is 9.51. The van der Waals surface area contributed by atoms with Crippen LogP contribution in [0.1, 0.15) is 0 Å². The first kappa shape index (κ1) is 5.88. The lowest BCUT2D eigenvalue weighted by molar-refractivity contribution is -0.109. The number of allylic oxidation sites excluding steroid dienone is 1. The van der Waals surface area contributed by atoms with E-state index in [0.29, 0.717) is 6.26 Å². The van der Waals surface area contributed by atoms with E-state index in [1.54, 1.807) is 0 Å². The van der Waals surface area contributed by atoms with Crippen molar-refractivity contribution in [2.75, 3.05) is 0 Å². The number of rotatable bonds is 2. The van der Waals surface area contributed by atoms with Crippen LogP contribution in [-0.4, -0.2) is 17.7 Å². The molecule has 38 valence electrons. The standard InChI is InChI=1S/C4H4O3/c5-1-4(2-6)3-7/h1-3,5H. The summed E-state index contributed by atoms with van der Waals surface area (Å²) in [6, 6.07) is 0. The van der Waals surface area contributed by atoms with E-state index in [2.05, 4.69) is 0 Å². The van der Waals surface area contributed by atoms with E-state index in [0.717, 1.165) is 0 Å². The van der Waals surface area contributed by atoms with E-state index in [1.807, 2.05) is 0 Å². The molecule has 0 heterocycles. The molecule has 0 aromatic rings. The Morgan fingerprint density at radius 2 is 1.71 bits per heavy atom. The molecule has 0 aliphatic heterocycles. The molecule has 0 saturated carbocycles. The van der Waals surface area contributed by atoms with E-state index < -0.39 is 0 Å². The van der Waals surface area contributed by atoms with Gasteiger partial charge >= 0.3 is 0 Å². The molecule has 0 rings (SSSR count). The molecule has 0 saturated heterocycles. The predicted octanol–water partition coefficient (Wildman–Crippen LogP) is -0.174.